The van der Waals surface area contributed by atoms with Gasteiger partial charge < -0.3 is 5.32 Å². The quantitative estimate of drug-likeness (QED) is 0.728. The highest BCUT2D eigenvalue weighted by atomic mass is 32.2. The Morgan fingerprint density at radius 3 is 2.60 bits per heavy atom. The number of sulfonamides is 1. The Balaban J connectivity index is 2.17. The number of nitrogens with two attached hydrogens (primary N) is 1. The van der Waals surface area contributed by atoms with Crippen LogP contribution in [-0.4, -0.2) is 25.2 Å². The van der Waals surface area contributed by atoms with Crippen LogP contribution in [0.3, 0.4) is 0 Å². The molecule has 0 aliphatic heterocycles. The molecule has 1 aromatic heterocycles. The van der Waals surface area contributed by atoms with Crippen molar-refractivity contribution in [2.75, 3.05) is 11.9 Å². The van der Waals surface area contributed by atoms with E-state index in [0.717, 1.165) is 6.54 Å². The first-order chi connectivity index (χ1) is 9.50. The normalized spacial score (nSPS) is 11.9. The Kier molecular flexibility index (Phi) is 4.11. The van der Waals surface area contributed by atoms with Crippen molar-refractivity contribution in [3.63, 3.8) is 0 Å². The van der Waals surface area contributed by atoms with Gasteiger partial charge in [-0.3, -0.25) is 5.10 Å². The summed E-state index contributed by atoms with van der Waals surface area (Å²) in [4.78, 5) is 0.0353. The summed E-state index contributed by atoms with van der Waals surface area (Å²) in [6.45, 7) is 2.68. The van der Waals surface area contributed by atoms with Gasteiger partial charge in [0.25, 0.3) is 0 Å². The molecule has 0 fully saturated rings. The molecule has 2 rings (SSSR count). The second-order valence-corrected chi connectivity index (χ2v) is 5.46. The van der Waals surface area contributed by atoms with Gasteiger partial charge in [0.05, 0.1) is 16.8 Å². The lowest BCUT2D eigenvalue weighted by Gasteiger charge is -1.99. The van der Waals surface area contributed by atoms with Crippen molar-refractivity contribution >= 4 is 27.2 Å². The number of nitrogens with one attached hydrogen (secondary N) is 2. The summed E-state index contributed by atoms with van der Waals surface area (Å²) in [6, 6.07) is 5.81. The number of anilines is 1. The zero-order valence-corrected chi connectivity index (χ0v) is 11.6. The molecule has 1 aromatic carbocycles. The molecule has 0 amide bonds. The molecule has 9 heteroatoms. The van der Waals surface area contributed by atoms with Crippen molar-refractivity contribution in [1.82, 2.24) is 10.2 Å². The van der Waals surface area contributed by atoms with Gasteiger partial charge in [0.2, 0.25) is 10.0 Å². The Morgan fingerprint density at radius 1 is 1.30 bits per heavy atom. The molecule has 0 spiro atoms. The average molecular weight is 294 g/mol. The van der Waals surface area contributed by atoms with Gasteiger partial charge in [0.15, 0.2) is 0 Å². The third-order valence-corrected chi connectivity index (χ3v) is 3.34. The van der Waals surface area contributed by atoms with Gasteiger partial charge in [0, 0.05) is 6.54 Å². The van der Waals surface area contributed by atoms with Gasteiger partial charge in [-0.05, 0) is 31.2 Å². The largest absolute Gasteiger partial charge is 0.369 e. The zero-order valence-electron chi connectivity index (χ0n) is 10.7. The number of H-pyrrole nitrogens is 1. The van der Waals surface area contributed by atoms with E-state index in [9.17, 15) is 8.42 Å². The van der Waals surface area contributed by atoms with Crippen molar-refractivity contribution in [2.24, 2.45) is 15.4 Å². The molecule has 20 heavy (non-hydrogen) atoms. The lowest BCUT2D eigenvalue weighted by Crippen LogP contribution is -2.11. The molecule has 2 aromatic rings. The van der Waals surface area contributed by atoms with Gasteiger partial charge in [-0.15, -0.1) is 5.11 Å². The number of azo groups is 1. The van der Waals surface area contributed by atoms with Crippen LogP contribution in [0.15, 0.2) is 45.6 Å². The van der Waals surface area contributed by atoms with E-state index in [0.29, 0.717) is 17.2 Å². The van der Waals surface area contributed by atoms with E-state index in [1.54, 1.807) is 6.20 Å². The van der Waals surface area contributed by atoms with E-state index in [4.69, 9.17) is 5.14 Å². The highest BCUT2D eigenvalue weighted by Crippen LogP contribution is 2.24. The predicted molar refractivity (Wildman–Crippen MR) is 74.7 cm³/mol. The molecule has 0 bridgehead atoms. The lowest BCUT2D eigenvalue weighted by atomic mass is 10.3. The fourth-order valence-corrected chi connectivity index (χ4v) is 1.99. The van der Waals surface area contributed by atoms with Gasteiger partial charge in [-0.25, -0.2) is 13.6 Å². The minimum absolute atomic E-state index is 0.0353. The third-order valence-electron chi connectivity index (χ3n) is 2.41. The zero-order chi connectivity index (χ0) is 14.6. The van der Waals surface area contributed by atoms with Crippen molar-refractivity contribution in [3.05, 3.63) is 30.5 Å². The van der Waals surface area contributed by atoms with E-state index < -0.39 is 10.0 Å². The Labute approximate surface area is 116 Å². The molecule has 106 valence electrons. The van der Waals surface area contributed by atoms with E-state index >= 15 is 0 Å². The maximum atomic E-state index is 11.1. The van der Waals surface area contributed by atoms with E-state index in [2.05, 4.69) is 25.7 Å². The van der Waals surface area contributed by atoms with Crippen LogP contribution < -0.4 is 10.5 Å². The van der Waals surface area contributed by atoms with Crippen LogP contribution in [0.5, 0.6) is 0 Å². The standard InChI is InChI=1S/C11H14N6O2S/c1-2-13-11-10(7-14-17-11)16-15-8-3-5-9(6-4-8)20(12,18)19/h3-7H,2H2,1H3,(H2,12,18,19)(H2,13,14,17). The SMILES string of the molecule is CCNc1[nH]ncc1N=Nc1ccc(S(N)(=O)=O)cc1. The molecular formula is C11H14N6O2S. The Hall–Kier alpha value is -2.26. The second kappa shape index (κ2) is 5.80. The number of hydrogen-bond donors (Lipinski definition) is 3. The van der Waals surface area contributed by atoms with Crippen LogP contribution in [0.25, 0.3) is 0 Å². The summed E-state index contributed by atoms with van der Waals surface area (Å²) in [7, 11) is -3.69. The minimum Gasteiger partial charge on any atom is -0.369 e. The second-order valence-electron chi connectivity index (χ2n) is 3.90. The average Bonchev–Trinajstić information content (AvgIpc) is 2.84. The molecule has 0 saturated heterocycles. The lowest BCUT2D eigenvalue weighted by molar-refractivity contribution is 0.598. The molecular weight excluding hydrogens is 280 g/mol. The van der Waals surface area contributed by atoms with Crippen LogP contribution in [0.1, 0.15) is 6.92 Å². The topological polar surface area (TPSA) is 126 Å². The van der Waals surface area contributed by atoms with Crippen LogP contribution in [-0.2, 0) is 10.0 Å². The number of rotatable bonds is 5. The Morgan fingerprint density at radius 2 is 2.00 bits per heavy atom. The van der Waals surface area contributed by atoms with Gasteiger partial charge in [-0.1, -0.05) is 0 Å². The molecule has 8 nitrogen and oxygen atoms in total. The summed E-state index contributed by atoms with van der Waals surface area (Å²) in [6.07, 6.45) is 1.54. The van der Waals surface area contributed by atoms with E-state index in [-0.39, 0.29) is 4.90 Å². The van der Waals surface area contributed by atoms with Gasteiger partial charge >= 0.3 is 0 Å². The summed E-state index contributed by atoms with van der Waals surface area (Å²) < 4.78 is 22.2. The van der Waals surface area contributed by atoms with Crippen LogP contribution in [0, 0.1) is 0 Å². The van der Waals surface area contributed by atoms with Crippen molar-refractivity contribution in [1.29, 1.82) is 0 Å². The third kappa shape index (κ3) is 3.39. The highest BCUT2D eigenvalue weighted by Gasteiger charge is 2.06. The van der Waals surface area contributed by atoms with E-state index in [1.807, 2.05) is 6.92 Å². The molecule has 0 radical (unpaired) electrons. The number of aromatic nitrogens is 2. The van der Waals surface area contributed by atoms with Crippen LogP contribution in [0.4, 0.5) is 17.2 Å². The number of primary sulfonamides is 1. The van der Waals surface area contributed by atoms with Crippen molar-refractivity contribution < 1.29 is 8.42 Å². The number of aromatic amines is 1. The molecule has 0 unspecified atom stereocenters. The summed E-state index contributed by atoms with van der Waals surface area (Å²) in [5.74, 6) is 0.678. The molecule has 0 aliphatic rings. The molecule has 0 aliphatic carbocycles. The summed E-state index contributed by atoms with van der Waals surface area (Å²) >= 11 is 0. The predicted octanol–water partition coefficient (Wildman–Crippen LogP) is 1.90. The number of nitrogens with zero attached hydrogens (tertiary/aromatic N) is 3. The maximum Gasteiger partial charge on any atom is 0.238 e. The smallest absolute Gasteiger partial charge is 0.238 e. The maximum absolute atomic E-state index is 11.1. The molecule has 4 N–H and O–H groups in total. The Bertz CT molecular complexity index is 705. The summed E-state index contributed by atoms with van der Waals surface area (Å²) in [5.41, 5.74) is 1.09. The highest BCUT2D eigenvalue weighted by molar-refractivity contribution is 7.89. The fraction of sp³-hybridized carbons (Fsp3) is 0.182. The van der Waals surface area contributed by atoms with Crippen molar-refractivity contribution in [2.45, 2.75) is 11.8 Å². The van der Waals surface area contributed by atoms with Gasteiger partial charge in [0.1, 0.15) is 11.5 Å². The van der Waals surface area contributed by atoms with Crippen molar-refractivity contribution in [3.8, 4) is 0 Å². The first-order valence-corrected chi connectivity index (χ1v) is 7.37. The van der Waals surface area contributed by atoms with E-state index in [1.165, 1.54) is 24.3 Å². The first-order valence-electron chi connectivity index (χ1n) is 5.82. The van der Waals surface area contributed by atoms with Gasteiger partial charge in [-0.2, -0.15) is 10.2 Å². The monoisotopic (exact) mass is 294 g/mol. The first kappa shape index (κ1) is 14.2. The molecule has 1 heterocycles. The fourth-order valence-electron chi connectivity index (χ4n) is 1.48. The molecule has 0 saturated carbocycles. The van der Waals surface area contributed by atoms with Crippen LogP contribution in [0.2, 0.25) is 0 Å². The number of hydrogen-bond acceptors (Lipinski definition) is 6. The molecule has 0 atom stereocenters. The number of benzene rings is 1. The minimum atomic E-state index is -3.69. The van der Waals surface area contributed by atoms with Crippen LogP contribution >= 0.6 is 0 Å². The summed E-state index contributed by atoms with van der Waals surface area (Å²) in [5, 5.41) is 22.7.